The van der Waals surface area contributed by atoms with Crippen molar-refractivity contribution >= 4 is 12.0 Å². The van der Waals surface area contributed by atoms with E-state index in [-0.39, 0.29) is 18.0 Å². The Balaban J connectivity index is 1.68. The summed E-state index contributed by atoms with van der Waals surface area (Å²) in [6.45, 7) is 6.42. The van der Waals surface area contributed by atoms with Crippen LogP contribution in [0.25, 0.3) is 0 Å². The first-order valence-corrected chi connectivity index (χ1v) is 8.72. The minimum absolute atomic E-state index is 0.207. The summed E-state index contributed by atoms with van der Waals surface area (Å²) >= 11 is 0. The summed E-state index contributed by atoms with van der Waals surface area (Å²) in [5.41, 5.74) is -0.451. The lowest BCUT2D eigenvalue weighted by Gasteiger charge is -2.36. The molecule has 2 rings (SSSR count). The van der Waals surface area contributed by atoms with Crippen molar-refractivity contribution in [3.63, 3.8) is 0 Å². The number of nitrogens with zero attached hydrogens (tertiary/aromatic N) is 1. The number of amides is 2. The van der Waals surface area contributed by atoms with Crippen molar-refractivity contribution in [2.24, 2.45) is 0 Å². The van der Waals surface area contributed by atoms with Gasteiger partial charge in [-0.15, -0.1) is 0 Å². The number of likely N-dealkylation sites (N-methyl/N-ethyl adjacent to an activating group) is 1. The van der Waals surface area contributed by atoms with Crippen LogP contribution < -0.4 is 10.6 Å². The predicted molar refractivity (Wildman–Crippen MR) is 89.2 cm³/mol. The molecule has 0 radical (unpaired) electrons. The molecule has 1 unspecified atom stereocenters. The third-order valence-corrected chi connectivity index (χ3v) is 4.55. The van der Waals surface area contributed by atoms with Crippen LogP contribution in [0.15, 0.2) is 0 Å². The summed E-state index contributed by atoms with van der Waals surface area (Å²) in [5.74, 6) is 0.244. The molecule has 0 bridgehead atoms. The van der Waals surface area contributed by atoms with E-state index >= 15 is 0 Å². The summed E-state index contributed by atoms with van der Waals surface area (Å²) in [4.78, 5) is 25.1. The number of nitrogens with one attached hydrogen (secondary N) is 2. The van der Waals surface area contributed by atoms with Crippen molar-refractivity contribution in [2.75, 3.05) is 13.6 Å². The van der Waals surface area contributed by atoms with Gasteiger partial charge in [0.2, 0.25) is 5.91 Å². The molecular formula is C17H31N3O3. The van der Waals surface area contributed by atoms with Crippen molar-refractivity contribution in [3.05, 3.63) is 0 Å². The second-order valence-electron chi connectivity index (χ2n) is 7.87. The molecule has 6 nitrogen and oxygen atoms in total. The number of hydrogen-bond donors (Lipinski definition) is 2. The number of rotatable bonds is 3. The van der Waals surface area contributed by atoms with Gasteiger partial charge < -0.3 is 20.3 Å². The third kappa shape index (κ3) is 6.01. The highest BCUT2D eigenvalue weighted by molar-refractivity contribution is 5.76. The average Bonchev–Trinajstić information content (AvgIpc) is 2.43. The van der Waals surface area contributed by atoms with Gasteiger partial charge >= 0.3 is 6.09 Å². The maximum atomic E-state index is 11.8. The van der Waals surface area contributed by atoms with Crippen LogP contribution in [-0.4, -0.2) is 54.2 Å². The molecule has 6 heteroatoms. The fourth-order valence-electron chi connectivity index (χ4n) is 3.36. The Morgan fingerprint density at radius 1 is 1.09 bits per heavy atom. The molecule has 0 aromatic carbocycles. The second-order valence-corrected chi connectivity index (χ2v) is 7.87. The van der Waals surface area contributed by atoms with E-state index in [9.17, 15) is 9.59 Å². The van der Waals surface area contributed by atoms with E-state index in [1.54, 1.807) is 0 Å². The van der Waals surface area contributed by atoms with Gasteiger partial charge in [-0.3, -0.25) is 4.79 Å². The zero-order valence-electron chi connectivity index (χ0n) is 14.9. The van der Waals surface area contributed by atoms with Gasteiger partial charge in [-0.2, -0.15) is 0 Å². The van der Waals surface area contributed by atoms with E-state index in [1.165, 1.54) is 0 Å². The average molecular weight is 325 g/mol. The molecular weight excluding hydrogens is 294 g/mol. The van der Waals surface area contributed by atoms with Crippen LogP contribution in [-0.2, 0) is 9.53 Å². The Bertz CT molecular complexity index is 425. The highest BCUT2D eigenvalue weighted by Gasteiger charge is 2.28. The normalized spacial score (nSPS) is 29.3. The van der Waals surface area contributed by atoms with E-state index in [0.29, 0.717) is 18.5 Å². The van der Waals surface area contributed by atoms with Crippen LogP contribution in [0.4, 0.5) is 4.79 Å². The zero-order chi connectivity index (χ0) is 17.0. The third-order valence-electron chi connectivity index (χ3n) is 4.55. The Labute approximate surface area is 139 Å². The number of ether oxygens (including phenoxy) is 1. The minimum atomic E-state index is -0.451. The number of hydrogen-bond acceptors (Lipinski definition) is 4. The first-order chi connectivity index (χ1) is 10.7. The number of carbonyl (C=O) groups excluding carboxylic acids is 2. The molecule has 132 valence electrons. The molecule has 0 spiro atoms. The van der Waals surface area contributed by atoms with Crippen LogP contribution in [0.5, 0.6) is 0 Å². The Kier molecular flexibility index (Phi) is 5.89. The number of carbonyl (C=O) groups is 2. The maximum absolute atomic E-state index is 11.8. The van der Waals surface area contributed by atoms with E-state index < -0.39 is 5.60 Å². The lowest BCUT2D eigenvalue weighted by Crippen LogP contribution is -2.51. The summed E-state index contributed by atoms with van der Waals surface area (Å²) < 4.78 is 5.31. The maximum Gasteiger partial charge on any atom is 0.407 e. The molecule has 2 N–H and O–H groups in total. The number of piperidine rings is 1. The lowest BCUT2D eigenvalue weighted by molar-refractivity contribution is -0.132. The highest BCUT2D eigenvalue weighted by atomic mass is 16.6. The van der Waals surface area contributed by atoms with E-state index in [1.807, 2.05) is 32.7 Å². The zero-order valence-corrected chi connectivity index (χ0v) is 14.9. The summed E-state index contributed by atoms with van der Waals surface area (Å²) in [6.07, 6.45) is 5.30. The van der Waals surface area contributed by atoms with Crippen LogP contribution >= 0.6 is 0 Å². The van der Waals surface area contributed by atoms with Crippen molar-refractivity contribution in [2.45, 2.75) is 83.0 Å². The Hall–Kier alpha value is -1.30. The molecule has 1 atom stereocenters. The molecule has 0 aromatic rings. The van der Waals surface area contributed by atoms with Crippen molar-refractivity contribution in [1.82, 2.24) is 15.5 Å². The monoisotopic (exact) mass is 325 g/mol. The molecule has 1 aliphatic carbocycles. The van der Waals surface area contributed by atoms with Crippen LogP contribution in [0, 0.1) is 0 Å². The first-order valence-electron chi connectivity index (χ1n) is 8.72. The smallest absolute Gasteiger partial charge is 0.407 e. The quantitative estimate of drug-likeness (QED) is 0.833. The molecule has 23 heavy (non-hydrogen) atoms. The van der Waals surface area contributed by atoms with Crippen LogP contribution in [0.1, 0.15) is 59.3 Å². The Morgan fingerprint density at radius 3 is 2.26 bits per heavy atom. The van der Waals surface area contributed by atoms with Crippen molar-refractivity contribution in [3.8, 4) is 0 Å². The minimum Gasteiger partial charge on any atom is -0.444 e. The standard InChI is InChI=1S/C17H31N3O3/c1-17(2,3)23-16(22)19-13-7-5-12(6-8-13)18-14-9-10-15(21)20(4)11-14/h12-14,18H,5-11H2,1-4H3,(H,19,22). The number of likely N-dealkylation sites (tertiary alicyclic amines) is 1. The molecule has 2 fully saturated rings. The predicted octanol–water partition coefficient (Wildman–Crippen LogP) is 2.03. The summed E-state index contributed by atoms with van der Waals surface area (Å²) in [5, 5.41) is 6.65. The molecule has 1 aliphatic heterocycles. The fourth-order valence-corrected chi connectivity index (χ4v) is 3.36. The molecule has 2 amide bonds. The second kappa shape index (κ2) is 7.51. The number of alkyl carbamates (subject to hydrolysis) is 1. The Morgan fingerprint density at radius 2 is 1.70 bits per heavy atom. The van der Waals surface area contributed by atoms with Crippen molar-refractivity contribution < 1.29 is 14.3 Å². The lowest BCUT2D eigenvalue weighted by atomic mass is 9.90. The van der Waals surface area contributed by atoms with Gasteiger partial charge in [-0.1, -0.05) is 0 Å². The van der Waals surface area contributed by atoms with E-state index in [2.05, 4.69) is 10.6 Å². The SMILES string of the molecule is CN1CC(NC2CCC(NC(=O)OC(C)(C)C)CC2)CCC1=O. The van der Waals surface area contributed by atoms with Crippen molar-refractivity contribution in [1.29, 1.82) is 0 Å². The topological polar surface area (TPSA) is 70.7 Å². The molecule has 1 saturated carbocycles. The first kappa shape index (κ1) is 18.0. The molecule has 0 aromatic heterocycles. The highest BCUT2D eigenvalue weighted by Crippen LogP contribution is 2.21. The van der Waals surface area contributed by atoms with Gasteiger partial charge in [0.25, 0.3) is 0 Å². The molecule has 2 aliphatic rings. The van der Waals surface area contributed by atoms with Gasteiger partial charge in [0.05, 0.1) is 0 Å². The van der Waals surface area contributed by atoms with Crippen LogP contribution in [0.3, 0.4) is 0 Å². The summed E-state index contributed by atoms with van der Waals surface area (Å²) in [6, 6.07) is 1.09. The van der Waals surface area contributed by atoms with Crippen LogP contribution in [0.2, 0.25) is 0 Å². The summed E-state index contributed by atoms with van der Waals surface area (Å²) in [7, 11) is 1.87. The van der Waals surface area contributed by atoms with Gasteiger partial charge in [0, 0.05) is 38.1 Å². The van der Waals surface area contributed by atoms with Gasteiger partial charge in [0.15, 0.2) is 0 Å². The van der Waals surface area contributed by atoms with Gasteiger partial charge in [0.1, 0.15) is 5.60 Å². The van der Waals surface area contributed by atoms with Gasteiger partial charge in [-0.25, -0.2) is 4.79 Å². The van der Waals surface area contributed by atoms with E-state index in [4.69, 9.17) is 4.74 Å². The molecule has 1 saturated heterocycles. The van der Waals surface area contributed by atoms with E-state index in [0.717, 1.165) is 38.6 Å². The van der Waals surface area contributed by atoms with Gasteiger partial charge in [-0.05, 0) is 52.9 Å². The molecule has 1 heterocycles. The fraction of sp³-hybridized carbons (Fsp3) is 0.882. The largest absolute Gasteiger partial charge is 0.444 e.